The van der Waals surface area contributed by atoms with Crippen LogP contribution in [0.2, 0.25) is 5.02 Å². The third kappa shape index (κ3) is 4.74. The maximum atomic E-state index is 12.1. The molecule has 1 aromatic heterocycles. The van der Waals surface area contributed by atoms with E-state index in [0.717, 1.165) is 18.7 Å². The number of carbonyl (C=O) groups is 1. The lowest BCUT2D eigenvalue weighted by atomic mass is 10.1. The maximum Gasteiger partial charge on any atom is 0.258 e. The fourth-order valence-corrected chi connectivity index (χ4v) is 2.13. The minimum atomic E-state index is -0.265. The number of pyridine rings is 1. The molecule has 0 aliphatic heterocycles. The Labute approximate surface area is 135 Å². The second-order valence-corrected chi connectivity index (χ2v) is 5.88. The Morgan fingerprint density at radius 3 is 2.64 bits per heavy atom. The number of anilines is 2. The van der Waals surface area contributed by atoms with Crippen LogP contribution in [0, 0.1) is 5.92 Å². The lowest BCUT2D eigenvalue weighted by Crippen LogP contribution is -2.13. The molecular formula is C17H20ClN3O. The summed E-state index contributed by atoms with van der Waals surface area (Å²) >= 11 is 6.00. The molecule has 22 heavy (non-hydrogen) atoms. The standard InChI is InChI=1S/C17H20ClN3O/c1-12(2)9-10-19-13-7-8-16(20-11-13)21-17(22)14-5-3-4-6-15(14)18/h3-8,11-12,19H,9-10H2,1-2H3,(H,20,21,22). The zero-order chi connectivity index (χ0) is 15.9. The van der Waals surface area contributed by atoms with Crippen molar-refractivity contribution in [1.29, 1.82) is 0 Å². The van der Waals surface area contributed by atoms with E-state index in [1.807, 2.05) is 6.07 Å². The van der Waals surface area contributed by atoms with Crippen molar-refractivity contribution in [3.05, 3.63) is 53.2 Å². The topological polar surface area (TPSA) is 54.0 Å². The van der Waals surface area contributed by atoms with Crippen LogP contribution >= 0.6 is 11.6 Å². The van der Waals surface area contributed by atoms with Crippen molar-refractivity contribution >= 4 is 29.0 Å². The normalized spacial score (nSPS) is 10.5. The van der Waals surface area contributed by atoms with Gasteiger partial charge in [-0.3, -0.25) is 4.79 Å². The molecule has 0 aliphatic carbocycles. The Morgan fingerprint density at radius 2 is 2.00 bits per heavy atom. The summed E-state index contributed by atoms with van der Waals surface area (Å²) in [7, 11) is 0. The van der Waals surface area contributed by atoms with Crippen LogP contribution in [-0.2, 0) is 0 Å². The van der Waals surface area contributed by atoms with Crippen LogP contribution in [-0.4, -0.2) is 17.4 Å². The average Bonchev–Trinajstić information content (AvgIpc) is 2.49. The zero-order valence-electron chi connectivity index (χ0n) is 12.8. The van der Waals surface area contributed by atoms with Crippen molar-refractivity contribution in [2.75, 3.05) is 17.2 Å². The Hall–Kier alpha value is -2.07. The van der Waals surface area contributed by atoms with Gasteiger partial charge >= 0.3 is 0 Å². The number of aromatic nitrogens is 1. The number of rotatable bonds is 6. The first-order chi connectivity index (χ1) is 10.6. The fraction of sp³-hybridized carbons (Fsp3) is 0.294. The highest BCUT2D eigenvalue weighted by atomic mass is 35.5. The second-order valence-electron chi connectivity index (χ2n) is 5.48. The van der Waals surface area contributed by atoms with Crippen LogP contribution in [0.5, 0.6) is 0 Å². The van der Waals surface area contributed by atoms with Gasteiger partial charge in [-0.15, -0.1) is 0 Å². The van der Waals surface area contributed by atoms with Gasteiger partial charge < -0.3 is 10.6 Å². The molecule has 0 fully saturated rings. The molecule has 1 heterocycles. The molecule has 0 bridgehead atoms. The molecule has 2 rings (SSSR count). The molecule has 0 saturated heterocycles. The molecule has 0 radical (unpaired) electrons. The highest BCUT2D eigenvalue weighted by molar-refractivity contribution is 6.34. The quantitative estimate of drug-likeness (QED) is 0.827. The highest BCUT2D eigenvalue weighted by Gasteiger charge is 2.10. The van der Waals surface area contributed by atoms with Crippen molar-refractivity contribution < 1.29 is 4.79 Å². The lowest BCUT2D eigenvalue weighted by molar-refractivity contribution is 0.102. The second kappa shape index (κ2) is 7.80. The largest absolute Gasteiger partial charge is 0.384 e. The Kier molecular flexibility index (Phi) is 5.78. The van der Waals surface area contributed by atoms with Crippen molar-refractivity contribution in [1.82, 2.24) is 4.98 Å². The number of nitrogens with zero attached hydrogens (tertiary/aromatic N) is 1. The molecule has 116 valence electrons. The molecule has 4 nitrogen and oxygen atoms in total. The monoisotopic (exact) mass is 317 g/mol. The average molecular weight is 318 g/mol. The SMILES string of the molecule is CC(C)CCNc1ccc(NC(=O)c2ccccc2Cl)nc1. The molecule has 1 amide bonds. The van der Waals surface area contributed by atoms with Crippen LogP contribution in [0.4, 0.5) is 11.5 Å². The molecule has 1 aromatic carbocycles. The van der Waals surface area contributed by atoms with E-state index in [0.29, 0.717) is 22.3 Å². The van der Waals surface area contributed by atoms with Gasteiger partial charge in [0.1, 0.15) is 5.82 Å². The van der Waals surface area contributed by atoms with Crippen LogP contribution in [0.1, 0.15) is 30.6 Å². The van der Waals surface area contributed by atoms with E-state index in [9.17, 15) is 4.79 Å². The van der Waals surface area contributed by atoms with Gasteiger partial charge in [-0.25, -0.2) is 4.98 Å². The van der Waals surface area contributed by atoms with Crippen LogP contribution < -0.4 is 10.6 Å². The number of hydrogen-bond acceptors (Lipinski definition) is 3. The smallest absolute Gasteiger partial charge is 0.258 e. The lowest BCUT2D eigenvalue weighted by Gasteiger charge is -2.09. The third-order valence-corrected chi connectivity index (χ3v) is 3.50. The molecule has 0 atom stereocenters. The molecular weight excluding hydrogens is 298 g/mol. The summed E-state index contributed by atoms with van der Waals surface area (Å²) in [5.74, 6) is 0.896. The molecule has 2 aromatic rings. The van der Waals surface area contributed by atoms with E-state index in [4.69, 9.17) is 11.6 Å². The molecule has 2 N–H and O–H groups in total. The van der Waals surface area contributed by atoms with Gasteiger partial charge in [0.15, 0.2) is 0 Å². The summed E-state index contributed by atoms with van der Waals surface area (Å²) in [4.78, 5) is 16.3. The minimum Gasteiger partial charge on any atom is -0.384 e. The summed E-state index contributed by atoms with van der Waals surface area (Å²) in [6, 6.07) is 10.6. The van der Waals surface area contributed by atoms with E-state index in [-0.39, 0.29) is 5.91 Å². The first-order valence-electron chi connectivity index (χ1n) is 7.32. The summed E-state index contributed by atoms with van der Waals surface area (Å²) in [6.45, 7) is 5.28. The Bertz CT molecular complexity index is 626. The summed E-state index contributed by atoms with van der Waals surface area (Å²) in [6.07, 6.45) is 2.81. The molecule has 0 saturated carbocycles. The van der Waals surface area contributed by atoms with E-state index < -0.39 is 0 Å². The van der Waals surface area contributed by atoms with Crippen LogP contribution in [0.25, 0.3) is 0 Å². The third-order valence-electron chi connectivity index (χ3n) is 3.17. The van der Waals surface area contributed by atoms with Crippen molar-refractivity contribution in [2.24, 2.45) is 5.92 Å². The molecule has 0 aliphatic rings. The minimum absolute atomic E-state index is 0.265. The maximum absolute atomic E-state index is 12.1. The number of benzene rings is 1. The van der Waals surface area contributed by atoms with Gasteiger partial charge in [0.2, 0.25) is 0 Å². The van der Waals surface area contributed by atoms with Gasteiger partial charge in [0.05, 0.1) is 22.5 Å². The molecule has 0 unspecified atom stereocenters. The number of carbonyl (C=O) groups excluding carboxylic acids is 1. The molecule has 5 heteroatoms. The van der Waals surface area contributed by atoms with Crippen molar-refractivity contribution in [3.8, 4) is 0 Å². The number of nitrogens with one attached hydrogen (secondary N) is 2. The predicted molar refractivity (Wildman–Crippen MR) is 91.6 cm³/mol. The first-order valence-corrected chi connectivity index (χ1v) is 7.70. The van der Waals surface area contributed by atoms with Crippen LogP contribution in [0.3, 0.4) is 0 Å². The first kappa shape index (κ1) is 16.3. The van der Waals surface area contributed by atoms with E-state index >= 15 is 0 Å². The molecule has 0 spiro atoms. The summed E-state index contributed by atoms with van der Waals surface area (Å²) in [5, 5.41) is 6.46. The van der Waals surface area contributed by atoms with Gasteiger partial charge in [0.25, 0.3) is 5.91 Å². The van der Waals surface area contributed by atoms with E-state index in [1.165, 1.54) is 0 Å². The number of halogens is 1. The highest BCUT2D eigenvalue weighted by Crippen LogP contribution is 2.17. The van der Waals surface area contributed by atoms with Crippen LogP contribution in [0.15, 0.2) is 42.6 Å². The summed E-state index contributed by atoms with van der Waals surface area (Å²) < 4.78 is 0. The van der Waals surface area contributed by atoms with E-state index in [2.05, 4.69) is 29.5 Å². The van der Waals surface area contributed by atoms with Gasteiger partial charge in [-0.05, 0) is 36.6 Å². The van der Waals surface area contributed by atoms with Crippen molar-refractivity contribution in [3.63, 3.8) is 0 Å². The predicted octanol–water partition coefficient (Wildman–Crippen LogP) is 4.45. The Balaban J connectivity index is 1.94. The van der Waals surface area contributed by atoms with Gasteiger partial charge in [-0.1, -0.05) is 37.6 Å². The fourth-order valence-electron chi connectivity index (χ4n) is 1.91. The summed E-state index contributed by atoms with van der Waals surface area (Å²) in [5.41, 5.74) is 1.38. The van der Waals surface area contributed by atoms with Gasteiger partial charge in [0, 0.05) is 6.54 Å². The Morgan fingerprint density at radius 1 is 1.23 bits per heavy atom. The number of hydrogen-bond donors (Lipinski definition) is 2. The zero-order valence-corrected chi connectivity index (χ0v) is 13.5. The van der Waals surface area contributed by atoms with E-state index in [1.54, 1.807) is 36.5 Å². The van der Waals surface area contributed by atoms with Crippen molar-refractivity contribution in [2.45, 2.75) is 20.3 Å². The number of amides is 1. The van der Waals surface area contributed by atoms with Gasteiger partial charge in [-0.2, -0.15) is 0 Å².